The lowest BCUT2D eigenvalue weighted by molar-refractivity contribution is -0.116. The van der Waals surface area contributed by atoms with E-state index in [-0.39, 0.29) is 0 Å². The van der Waals surface area contributed by atoms with E-state index in [9.17, 15) is 5.11 Å². The van der Waals surface area contributed by atoms with Gasteiger partial charge in [0.25, 0.3) is 0 Å². The Bertz CT molecular complexity index is 275. The van der Waals surface area contributed by atoms with Crippen molar-refractivity contribution in [2.45, 2.75) is 25.5 Å². The van der Waals surface area contributed by atoms with E-state index in [1.165, 1.54) is 0 Å². The minimum Gasteiger partial charge on any atom is -0.382 e. The van der Waals surface area contributed by atoms with Gasteiger partial charge in [0.1, 0.15) is 5.60 Å². The van der Waals surface area contributed by atoms with Crippen LogP contribution < -0.4 is 0 Å². The van der Waals surface area contributed by atoms with Crippen molar-refractivity contribution >= 4 is 0 Å². The summed E-state index contributed by atoms with van der Waals surface area (Å²) in [6.07, 6.45) is 3.45. The second kappa shape index (κ2) is 2.82. The Balaban J connectivity index is 2.04. The molecule has 1 aliphatic rings. The van der Waals surface area contributed by atoms with Gasteiger partial charge in [0, 0.05) is 30.9 Å². The highest BCUT2D eigenvalue weighted by atomic mass is 16.3. The molecule has 72 valence electrons. The van der Waals surface area contributed by atoms with E-state index in [1.54, 1.807) is 12.4 Å². The highest BCUT2D eigenvalue weighted by molar-refractivity contribution is 5.20. The normalized spacial score (nSPS) is 21.8. The van der Waals surface area contributed by atoms with E-state index in [0.29, 0.717) is 19.1 Å². The van der Waals surface area contributed by atoms with Crippen LogP contribution in [0.2, 0.25) is 0 Å². The minimum absolute atomic E-state index is 0.507. The summed E-state index contributed by atoms with van der Waals surface area (Å²) in [6, 6.07) is 0.507. The SMILES string of the molecule is CC(C)N1CC(O)(c2cn[nH]c2)C1. The Kier molecular flexibility index (Phi) is 1.89. The van der Waals surface area contributed by atoms with Gasteiger partial charge in [-0.2, -0.15) is 5.10 Å². The molecular weight excluding hydrogens is 166 g/mol. The summed E-state index contributed by atoms with van der Waals surface area (Å²) < 4.78 is 0. The third-order valence-corrected chi connectivity index (χ3v) is 2.70. The number of aromatic amines is 1. The van der Waals surface area contributed by atoms with Crippen molar-refractivity contribution in [3.8, 4) is 0 Å². The molecule has 0 saturated carbocycles. The van der Waals surface area contributed by atoms with E-state index in [0.717, 1.165) is 5.56 Å². The molecule has 0 bridgehead atoms. The predicted molar refractivity (Wildman–Crippen MR) is 49.2 cm³/mol. The van der Waals surface area contributed by atoms with Gasteiger partial charge in [-0.25, -0.2) is 0 Å². The van der Waals surface area contributed by atoms with Gasteiger partial charge in [-0.05, 0) is 13.8 Å². The molecule has 4 heteroatoms. The Labute approximate surface area is 77.6 Å². The molecule has 2 N–H and O–H groups in total. The van der Waals surface area contributed by atoms with Crippen molar-refractivity contribution in [2.75, 3.05) is 13.1 Å². The molecule has 2 rings (SSSR count). The molecular formula is C9H15N3O. The number of H-pyrrole nitrogens is 1. The van der Waals surface area contributed by atoms with Gasteiger partial charge in [-0.15, -0.1) is 0 Å². The smallest absolute Gasteiger partial charge is 0.118 e. The number of hydrogen-bond donors (Lipinski definition) is 2. The first kappa shape index (κ1) is 8.72. The standard InChI is InChI=1S/C9H15N3O/c1-7(2)12-5-9(13,6-12)8-3-10-11-4-8/h3-4,7,13H,5-6H2,1-2H3,(H,10,11). The maximum Gasteiger partial charge on any atom is 0.118 e. The largest absolute Gasteiger partial charge is 0.382 e. The van der Waals surface area contributed by atoms with Crippen LogP contribution in [0.15, 0.2) is 12.4 Å². The number of likely N-dealkylation sites (tertiary alicyclic amines) is 1. The van der Waals surface area contributed by atoms with Crippen LogP contribution in [0.1, 0.15) is 19.4 Å². The average molecular weight is 181 g/mol. The molecule has 0 atom stereocenters. The molecule has 1 aromatic rings. The molecule has 1 aromatic heterocycles. The molecule has 0 aliphatic carbocycles. The molecule has 1 saturated heterocycles. The lowest BCUT2D eigenvalue weighted by atomic mass is 9.87. The van der Waals surface area contributed by atoms with E-state index in [1.807, 2.05) is 0 Å². The summed E-state index contributed by atoms with van der Waals surface area (Å²) in [7, 11) is 0. The zero-order valence-electron chi connectivity index (χ0n) is 7.99. The number of nitrogens with one attached hydrogen (secondary N) is 1. The van der Waals surface area contributed by atoms with Gasteiger partial charge in [0.15, 0.2) is 0 Å². The Morgan fingerprint density at radius 3 is 2.77 bits per heavy atom. The average Bonchev–Trinajstić information content (AvgIpc) is 2.49. The monoisotopic (exact) mass is 181 g/mol. The summed E-state index contributed by atoms with van der Waals surface area (Å²) in [5.74, 6) is 0. The van der Waals surface area contributed by atoms with E-state index >= 15 is 0 Å². The van der Waals surface area contributed by atoms with Crippen molar-refractivity contribution in [1.29, 1.82) is 0 Å². The van der Waals surface area contributed by atoms with Gasteiger partial charge in [-0.3, -0.25) is 10.00 Å². The molecule has 0 radical (unpaired) electrons. The molecule has 13 heavy (non-hydrogen) atoms. The van der Waals surface area contributed by atoms with Crippen LogP contribution in [0.5, 0.6) is 0 Å². The number of nitrogens with zero attached hydrogens (tertiary/aromatic N) is 2. The van der Waals surface area contributed by atoms with E-state index in [2.05, 4.69) is 28.9 Å². The summed E-state index contributed by atoms with van der Waals surface area (Å²) in [4.78, 5) is 2.23. The Morgan fingerprint density at radius 1 is 1.62 bits per heavy atom. The highest BCUT2D eigenvalue weighted by Gasteiger charge is 2.43. The fourth-order valence-corrected chi connectivity index (χ4v) is 1.68. The lowest BCUT2D eigenvalue weighted by Crippen LogP contribution is -2.61. The number of β-amino-alcohol motifs (C(OH)–C–C–N with tert-alkyl or cyclic N) is 1. The van der Waals surface area contributed by atoms with Crippen LogP contribution in [0.3, 0.4) is 0 Å². The Hall–Kier alpha value is -0.870. The van der Waals surface area contributed by atoms with Gasteiger partial charge >= 0.3 is 0 Å². The fraction of sp³-hybridized carbons (Fsp3) is 0.667. The van der Waals surface area contributed by atoms with Crippen LogP contribution >= 0.6 is 0 Å². The topological polar surface area (TPSA) is 52.1 Å². The second-order valence-electron chi connectivity index (χ2n) is 4.02. The quantitative estimate of drug-likeness (QED) is 0.691. The maximum atomic E-state index is 10.1. The van der Waals surface area contributed by atoms with Crippen molar-refractivity contribution < 1.29 is 5.11 Å². The van der Waals surface area contributed by atoms with Crippen molar-refractivity contribution in [1.82, 2.24) is 15.1 Å². The molecule has 4 nitrogen and oxygen atoms in total. The summed E-state index contributed by atoms with van der Waals surface area (Å²) >= 11 is 0. The third-order valence-electron chi connectivity index (χ3n) is 2.70. The third kappa shape index (κ3) is 1.36. The lowest BCUT2D eigenvalue weighted by Gasteiger charge is -2.48. The van der Waals surface area contributed by atoms with Gasteiger partial charge < -0.3 is 5.11 Å². The molecule has 2 heterocycles. The maximum absolute atomic E-state index is 10.1. The van der Waals surface area contributed by atoms with Crippen LogP contribution in [-0.4, -0.2) is 39.3 Å². The summed E-state index contributed by atoms with van der Waals surface area (Å²) in [6.45, 7) is 5.69. The zero-order valence-corrected chi connectivity index (χ0v) is 7.99. The number of aromatic nitrogens is 2. The van der Waals surface area contributed by atoms with Crippen LogP contribution in [0, 0.1) is 0 Å². The zero-order chi connectivity index (χ0) is 9.47. The molecule has 0 unspecified atom stereocenters. The van der Waals surface area contributed by atoms with Crippen LogP contribution in [0.25, 0.3) is 0 Å². The fourth-order valence-electron chi connectivity index (χ4n) is 1.68. The molecule has 0 aromatic carbocycles. The first-order valence-electron chi connectivity index (χ1n) is 4.57. The first-order chi connectivity index (χ1) is 6.12. The van der Waals surface area contributed by atoms with Gasteiger partial charge in [0.2, 0.25) is 0 Å². The molecule has 1 fully saturated rings. The predicted octanol–water partition coefficient (Wildman–Crippen LogP) is 0.321. The van der Waals surface area contributed by atoms with Crippen molar-refractivity contribution in [3.05, 3.63) is 18.0 Å². The first-order valence-corrected chi connectivity index (χ1v) is 4.57. The van der Waals surface area contributed by atoms with Gasteiger partial charge in [-0.1, -0.05) is 0 Å². The number of aliphatic hydroxyl groups is 1. The van der Waals surface area contributed by atoms with Crippen molar-refractivity contribution in [3.63, 3.8) is 0 Å². The van der Waals surface area contributed by atoms with Crippen LogP contribution in [0.4, 0.5) is 0 Å². The molecule has 1 aliphatic heterocycles. The van der Waals surface area contributed by atoms with Crippen LogP contribution in [-0.2, 0) is 5.60 Å². The Morgan fingerprint density at radius 2 is 2.31 bits per heavy atom. The van der Waals surface area contributed by atoms with Crippen molar-refractivity contribution in [2.24, 2.45) is 0 Å². The molecule has 0 spiro atoms. The second-order valence-corrected chi connectivity index (χ2v) is 4.02. The summed E-state index contributed by atoms with van der Waals surface area (Å²) in [5, 5.41) is 16.6. The van der Waals surface area contributed by atoms with E-state index < -0.39 is 5.60 Å². The van der Waals surface area contributed by atoms with Gasteiger partial charge in [0.05, 0.1) is 6.20 Å². The summed E-state index contributed by atoms with van der Waals surface area (Å²) in [5.41, 5.74) is 0.224. The number of hydrogen-bond acceptors (Lipinski definition) is 3. The molecule has 0 amide bonds. The highest BCUT2D eigenvalue weighted by Crippen LogP contribution is 2.32. The van der Waals surface area contributed by atoms with E-state index in [4.69, 9.17) is 0 Å². The minimum atomic E-state index is -0.669. The number of rotatable bonds is 2.